The van der Waals surface area contributed by atoms with Crippen LogP contribution in [0.1, 0.15) is 16.8 Å². The topological polar surface area (TPSA) is 107 Å². The second kappa shape index (κ2) is 6.10. The summed E-state index contributed by atoms with van der Waals surface area (Å²) in [6.45, 7) is 0. The molecule has 0 saturated carbocycles. The molecule has 1 N–H and O–H groups in total. The molecule has 0 aromatic heterocycles. The molecule has 0 fully saturated rings. The first-order valence-electron chi connectivity index (χ1n) is 5.68. The number of alkyl halides is 3. The van der Waals surface area contributed by atoms with Crippen LogP contribution in [-0.2, 0) is 9.53 Å². The van der Waals surface area contributed by atoms with Gasteiger partial charge in [-0.25, -0.2) is 4.79 Å². The highest BCUT2D eigenvalue weighted by Gasteiger charge is 2.61. The number of aliphatic hydroxyl groups is 1. The fourth-order valence-electron chi connectivity index (χ4n) is 1.58. The molecule has 1 aromatic rings. The van der Waals surface area contributed by atoms with Crippen LogP contribution < -0.4 is 0 Å². The lowest BCUT2D eigenvalue weighted by molar-refractivity contribution is -0.384. The Bertz CT molecular complexity index is 615. The lowest BCUT2D eigenvalue weighted by atomic mass is 9.93. The molecule has 0 aliphatic carbocycles. The maximum absolute atomic E-state index is 12.8. The third-order valence-electron chi connectivity index (χ3n) is 2.79. The van der Waals surface area contributed by atoms with Crippen LogP contribution in [0.5, 0.6) is 0 Å². The van der Waals surface area contributed by atoms with Gasteiger partial charge in [-0.15, -0.1) is 0 Å². The number of esters is 1. The van der Waals surface area contributed by atoms with Crippen molar-refractivity contribution in [2.75, 3.05) is 7.11 Å². The molecule has 22 heavy (non-hydrogen) atoms. The van der Waals surface area contributed by atoms with E-state index >= 15 is 0 Å². The van der Waals surface area contributed by atoms with Crippen molar-refractivity contribution in [1.29, 1.82) is 0 Å². The highest BCUT2D eigenvalue weighted by atomic mass is 19.4. The zero-order valence-electron chi connectivity index (χ0n) is 11.1. The molecular weight excluding hydrogens is 311 g/mol. The zero-order valence-corrected chi connectivity index (χ0v) is 11.1. The van der Waals surface area contributed by atoms with Crippen LogP contribution in [0.25, 0.3) is 0 Å². The van der Waals surface area contributed by atoms with E-state index < -0.39 is 46.1 Å². The number of rotatable bonds is 5. The maximum Gasteiger partial charge on any atom is 0.428 e. The number of ether oxygens (including phenoxy) is 1. The highest BCUT2D eigenvalue weighted by Crippen LogP contribution is 2.35. The molecule has 10 heteroatoms. The molecule has 0 heterocycles. The van der Waals surface area contributed by atoms with E-state index in [0.29, 0.717) is 7.11 Å². The van der Waals surface area contributed by atoms with Crippen molar-refractivity contribution >= 4 is 17.4 Å². The number of Topliss-reactive ketones (excluding diaryl/α,β-unsaturated/α-hetero) is 1. The van der Waals surface area contributed by atoms with Gasteiger partial charge in [0.25, 0.3) is 11.3 Å². The molecule has 0 saturated heterocycles. The van der Waals surface area contributed by atoms with Gasteiger partial charge in [0.2, 0.25) is 0 Å². The van der Waals surface area contributed by atoms with E-state index in [9.17, 15) is 38.0 Å². The van der Waals surface area contributed by atoms with Gasteiger partial charge < -0.3 is 9.84 Å². The molecule has 0 spiro atoms. The molecular formula is C12H10F3NO6. The predicted octanol–water partition coefficient (Wildman–Crippen LogP) is 1.63. The van der Waals surface area contributed by atoms with Crippen LogP contribution in [0.4, 0.5) is 18.9 Å². The normalized spacial score (nSPS) is 14.0. The van der Waals surface area contributed by atoms with E-state index in [4.69, 9.17) is 0 Å². The molecule has 0 radical (unpaired) electrons. The molecule has 7 nitrogen and oxygen atoms in total. The van der Waals surface area contributed by atoms with E-state index in [1.807, 2.05) is 0 Å². The van der Waals surface area contributed by atoms with Crippen molar-refractivity contribution in [3.8, 4) is 0 Å². The van der Waals surface area contributed by atoms with E-state index in [-0.39, 0.29) is 0 Å². The van der Waals surface area contributed by atoms with E-state index in [1.165, 1.54) is 0 Å². The zero-order chi connectivity index (χ0) is 17.1. The first-order valence-corrected chi connectivity index (χ1v) is 5.68. The first kappa shape index (κ1) is 17.6. The molecule has 1 aromatic carbocycles. The van der Waals surface area contributed by atoms with Crippen LogP contribution in [0, 0.1) is 10.1 Å². The van der Waals surface area contributed by atoms with Gasteiger partial charge in [0.1, 0.15) is 0 Å². The van der Waals surface area contributed by atoms with Crippen LogP contribution in [-0.4, -0.2) is 40.7 Å². The standard InChI is InChI=1S/C12H10F3NO6/c1-22-10(18)11(19,12(13,14)15)6-9(17)7-3-2-4-8(5-7)16(20)21/h2-5,19H,6H2,1H3/t11-/m0/s1. The number of carbonyl (C=O) groups is 2. The third-order valence-corrected chi connectivity index (χ3v) is 2.79. The summed E-state index contributed by atoms with van der Waals surface area (Å²) in [5.74, 6) is -3.34. The summed E-state index contributed by atoms with van der Waals surface area (Å²) >= 11 is 0. The number of nitro benzene ring substituents is 1. The number of nitro groups is 1. The Morgan fingerprint density at radius 1 is 1.36 bits per heavy atom. The molecule has 1 rings (SSSR count). The van der Waals surface area contributed by atoms with Crippen molar-refractivity contribution < 1.29 is 37.5 Å². The highest BCUT2D eigenvalue weighted by molar-refractivity contribution is 6.00. The van der Waals surface area contributed by atoms with Gasteiger partial charge in [-0.3, -0.25) is 14.9 Å². The number of hydrogen-bond acceptors (Lipinski definition) is 6. The second-order valence-corrected chi connectivity index (χ2v) is 4.26. The van der Waals surface area contributed by atoms with Gasteiger partial charge in [0, 0.05) is 17.7 Å². The Balaban J connectivity index is 3.15. The van der Waals surface area contributed by atoms with E-state index in [0.717, 1.165) is 24.3 Å². The molecule has 0 amide bonds. The van der Waals surface area contributed by atoms with E-state index in [2.05, 4.69) is 4.74 Å². The summed E-state index contributed by atoms with van der Waals surface area (Å²) in [7, 11) is 0.622. The largest absolute Gasteiger partial charge is 0.467 e. The number of hydrogen-bond donors (Lipinski definition) is 1. The Morgan fingerprint density at radius 3 is 2.41 bits per heavy atom. The van der Waals surface area contributed by atoms with Gasteiger partial charge in [0.15, 0.2) is 5.78 Å². The van der Waals surface area contributed by atoms with Gasteiger partial charge in [-0.1, -0.05) is 12.1 Å². The fourth-order valence-corrected chi connectivity index (χ4v) is 1.58. The van der Waals surface area contributed by atoms with Crippen molar-refractivity contribution in [1.82, 2.24) is 0 Å². The molecule has 1 atom stereocenters. The Morgan fingerprint density at radius 2 is 1.95 bits per heavy atom. The molecule has 0 aliphatic rings. The van der Waals surface area contributed by atoms with Crippen LogP contribution in [0.2, 0.25) is 0 Å². The van der Waals surface area contributed by atoms with Crippen molar-refractivity contribution in [3.05, 3.63) is 39.9 Å². The monoisotopic (exact) mass is 321 g/mol. The van der Waals surface area contributed by atoms with Crippen molar-refractivity contribution in [2.45, 2.75) is 18.2 Å². The number of non-ortho nitro benzene ring substituents is 1. The Kier molecular flexibility index (Phi) is 4.87. The molecule has 0 unspecified atom stereocenters. The van der Waals surface area contributed by atoms with Crippen LogP contribution in [0.3, 0.4) is 0 Å². The average Bonchev–Trinajstić information content (AvgIpc) is 2.44. The quantitative estimate of drug-likeness (QED) is 0.382. The number of ketones is 1. The predicted molar refractivity (Wildman–Crippen MR) is 65.1 cm³/mol. The van der Waals surface area contributed by atoms with Crippen molar-refractivity contribution in [2.24, 2.45) is 0 Å². The minimum absolute atomic E-state index is 0.444. The lowest BCUT2D eigenvalue weighted by Gasteiger charge is -2.26. The molecule has 0 bridgehead atoms. The summed E-state index contributed by atoms with van der Waals surface area (Å²) < 4.78 is 42.3. The SMILES string of the molecule is COC(=O)[C@@](O)(CC(=O)c1cccc([N+](=O)[O-])c1)C(F)(F)F. The minimum atomic E-state index is -5.45. The Hall–Kier alpha value is -2.49. The summed E-state index contributed by atoms with van der Waals surface area (Å²) in [6.07, 6.45) is -7.10. The van der Waals surface area contributed by atoms with Crippen molar-refractivity contribution in [3.63, 3.8) is 0 Å². The van der Waals surface area contributed by atoms with Gasteiger partial charge in [-0.05, 0) is 0 Å². The van der Waals surface area contributed by atoms with Gasteiger partial charge in [0.05, 0.1) is 18.5 Å². The van der Waals surface area contributed by atoms with Crippen LogP contribution >= 0.6 is 0 Å². The first-order chi connectivity index (χ1) is 10.0. The number of nitrogens with zero attached hydrogens (tertiary/aromatic N) is 1. The minimum Gasteiger partial charge on any atom is -0.467 e. The fraction of sp³-hybridized carbons (Fsp3) is 0.333. The smallest absolute Gasteiger partial charge is 0.428 e. The maximum atomic E-state index is 12.8. The van der Waals surface area contributed by atoms with E-state index in [1.54, 1.807) is 0 Å². The second-order valence-electron chi connectivity index (χ2n) is 4.26. The third kappa shape index (κ3) is 3.39. The average molecular weight is 321 g/mol. The van der Waals surface area contributed by atoms with Gasteiger partial charge in [-0.2, -0.15) is 13.2 Å². The Labute approximate surface area is 121 Å². The summed E-state index contributed by atoms with van der Waals surface area (Å²) in [6, 6.07) is 3.91. The number of carbonyl (C=O) groups excluding carboxylic acids is 2. The van der Waals surface area contributed by atoms with Crippen LogP contribution in [0.15, 0.2) is 24.3 Å². The number of halogens is 3. The summed E-state index contributed by atoms with van der Waals surface area (Å²) in [5, 5.41) is 20.0. The molecule has 0 aliphatic heterocycles. The lowest BCUT2D eigenvalue weighted by Crippen LogP contribution is -2.54. The number of methoxy groups -OCH3 is 1. The summed E-state index contributed by atoms with van der Waals surface area (Å²) in [5.41, 5.74) is -4.98. The number of benzene rings is 1. The summed E-state index contributed by atoms with van der Waals surface area (Å²) in [4.78, 5) is 32.7. The van der Waals surface area contributed by atoms with Gasteiger partial charge >= 0.3 is 12.1 Å². The molecule has 120 valence electrons.